The summed E-state index contributed by atoms with van der Waals surface area (Å²) in [5.41, 5.74) is 2.11. The molecule has 0 aliphatic carbocycles. The molecular formula is C15H22N2O2S. The normalized spacial score (nSPS) is 11.1. The van der Waals surface area contributed by atoms with Gasteiger partial charge in [-0.25, -0.2) is 0 Å². The number of para-hydroxylation sites is 1. The lowest BCUT2D eigenvalue weighted by atomic mass is 10.2. The first-order valence-corrected chi connectivity index (χ1v) is 7.52. The Morgan fingerprint density at radius 3 is 2.85 bits per heavy atom. The summed E-state index contributed by atoms with van der Waals surface area (Å²) in [6.07, 6.45) is 3.34. The lowest BCUT2D eigenvalue weighted by molar-refractivity contribution is 0.191. The number of aromatic amines is 1. The highest BCUT2D eigenvalue weighted by Gasteiger charge is 2.08. The van der Waals surface area contributed by atoms with Gasteiger partial charge < -0.3 is 19.0 Å². The Morgan fingerprint density at radius 1 is 1.25 bits per heavy atom. The fourth-order valence-electron chi connectivity index (χ4n) is 2.34. The monoisotopic (exact) mass is 294 g/mol. The van der Waals surface area contributed by atoms with E-state index < -0.39 is 0 Å². The molecule has 0 fully saturated rings. The third-order valence-corrected chi connectivity index (χ3v) is 3.62. The fraction of sp³-hybridized carbons (Fsp3) is 0.533. The zero-order chi connectivity index (χ0) is 14.4. The first-order chi connectivity index (χ1) is 9.77. The molecule has 1 heterocycles. The molecular weight excluding hydrogens is 272 g/mol. The van der Waals surface area contributed by atoms with Crippen molar-refractivity contribution in [3.05, 3.63) is 23.0 Å². The van der Waals surface area contributed by atoms with Crippen molar-refractivity contribution in [1.82, 2.24) is 9.55 Å². The molecule has 5 heteroatoms. The molecule has 0 unspecified atom stereocenters. The first-order valence-electron chi connectivity index (χ1n) is 7.11. The van der Waals surface area contributed by atoms with Crippen LogP contribution in [-0.4, -0.2) is 29.9 Å². The van der Waals surface area contributed by atoms with Gasteiger partial charge in [-0.05, 0) is 50.5 Å². The summed E-state index contributed by atoms with van der Waals surface area (Å²) in [6.45, 7) is 4.40. The van der Waals surface area contributed by atoms with E-state index >= 15 is 0 Å². The van der Waals surface area contributed by atoms with Crippen LogP contribution in [0.25, 0.3) is 11.0 Å². The van der Waals surface area contributed by atoms with E-state index in [-0.39, 0.29) is 0 Å². The van der Waals surface area contributed by atoms with Crippen LogP contribution in [0, 0.1) is 4.77 Å². The van der Waals surface area contributed by atoms with Crippen LogP contribution in [0.5, 0.6) is 5.75 Å². The van der Waals surface area contributed by atoms with Gasteiger partial charge in [-0.15, -0.1) is 0 Å². The van der Waals surface area contributed by atoms with Gasteiger partial charge in [-0.1, -0.05) is 6.07 Å². The molecule has 0 spiro atoms. The van der Waals surface area contributed by atoms with Gasteiger partial charge in [0.1, 0.15) is 11.3 Å². The second-order valence-electron chi connectivity index (χ2n) is 4.72. The highest BCUT2D eigenvalue weighted by Crippen LogP contribution is 2.25. The third kappa shape index (κ3) is 3.41. The number of H-pyrrole nitrogens is 1. The van der Waals surface area contributed by atoms with E-state index in [4.69, 9.17) is 21.7 Å². The van der Waals surface area contributed by atoms with Crippen molar-refractivity contribution in [1.29, 1.82) is 0 Å². The number of imidazole rings is 1. The molecule has 2 aromatic rings. The Morgan fingerprint density at radius 2 is 2.10 bits per heavy atom. The minimum Gasteiger partial charge on any atom is -0.492 e. The lowest BCUT2D eigenvalue weighted by Gasteiger charge is -2.06. The standard InChI is InChI=1S/C15H22N2O2S/c1-3-19-13-9-7-8-12-14(13)16-15(20)17(12)10-5-4-6-11-18-2/h7-9H,3-6,10-11H2,1-2H3,(H,16,20). The molecule has 20 heavy (non-hydrogen) atoms. The number of hydrogen-bond acceptors (Lipinski definition) is 3. The van der Waals surface area contributed by atoms with Gasteiger partial charge in [0, 0.05) is 20.3 Å². The van der Waals surface area contributed by atoms with Crippen LogP contribution in [0.3, 0.4) is 0 Å². The largest absolute Gasteiger partial charge is 0.492 e. The quantitative estimate of drug-likeness (QED) is 0.592. The Labute approximate surface area is 124 Å². The van der Waals surface area contributed by atoms with Crippen LogP contribution in [0.2, 0.25) is 0 Å². The number of unbranched alkanes of at least 4 members (excludes halogenated alkanes) is 2. The molecule has 110 valence electrons. The molecule has 0 radical (unpaired) electrons. The Hall–Kier alpha value is -1.33. The average molecular weight is 294 g/mol. The summed E-state index contributed by atoms with van der Waals surface area (Å²) in [5, 5.41) is 0. The smallest absolute Gasteiger partial charge is 0.178 e. The number of aryl methyl sites for hydroxylation is 1. The van der Waals surface area contributed by atoms with Crippen LogP contribution >= 0.6 is 12.2 Å². The Kier molecular flexibility index (Phi) is 5.61. The van der Waals surface area contributed by atoms with Crippen molar-refractivity contribution in [2.24, 2.45) is 0 Å². The second-order valence-corrected chi connectivity index (χ2v) is 5.11. The molecule has 0 saturated heterocycles. The number of aromatic nitrogens is 2. The van der Waals surface area contributed by atoms with Gasteiger partial charge in [0.05, 0.1) is 12.1 Å². The first kappa shape index (κ1) is 15.1. The molecule has 1 N–H and O–H groups in total. The molecule has 0 aliphatic heterocycles. The molecule has 2 rings (SSSR count). The summed E-state index contributed by atoms with van der Waals surface area (Å²) >= 11 is 5.42. The number of benzene rings is 1. The van der Waals surface area contributed by atoms with E-state index in [2.05, 4.69) is 15.6 Å². The maximum absolute atomic E-state index is 5.64. The summed E-state index contributed by atoms with van der Waals surface area (Å²) in [7, 11) is 1.74. The minimum absolute atomic E-state index is 0.655. The Balaban J connectivity index is 2.15. The molecule has 1 aromatic heterocycles. The van der Waals surface area contributed by atoms with Crippen LogP contribution in [0.15, 0.2) is 18.2 Å². The van der Waals surface area contributed by atoms with Gasteiger partial charge >= 0.3 is 0 Å². The van der Waals surface area contributed by atoms with Gasteiger partial charge in [-0.3, -0.25) is 0 Å². The SMILES string of the molecule is CCOc1cccc2c1[nH]c(=S)n2CCCCCOC. The van der Waals surface area contributed by atoms with Crippen LogP contribution in [-0.2, 0) is 11.3 Å². The highest BCUT2D eigenvalue weighted by molar-refractivity contribution is 7.71. The summed E-state index contributed by atoms with van der Waals surface area (Å²) in [5.74, 6) is 0.870. The predicted octanol–water partition coefficient (Wildman–Crippen LogP) is 3.91. The zero-order valence-electron chi connectivity index (χ0n) is 12.1. The van der Waals surface area contributed by atoms with E-state index in [9.17, 15) is 0 Å². The maximum Gasteiger partial charge on any atom is 0.178 e. The third-order valence-electron chi connectivity index (χ3n) is 3.30. The molecule has 0 amide bonds. The number of hydrogen-bond donors (Lipinski definition) is 1. The second kappa shape index (κ2) is 7.45. The minimum atomic E-state index is 0.655. The molecule has 4 nitrogen and oxygen atoms in total. The van der Waals surface area contributed by atoms with Crippen LogP contribution < -0.4 is 4.74 Å². The van der Waals surface area contributed by atoms with Crippen molar-refractivity contribution < 1.29 is 9.47 Å². The van der Waals surface area contributed by atoms with Gasteiger partial charge in [0.25, 0.3) is 0 Å². The van der Waals surface area contributed by atoms with E-state index in [0.29, 0.717) is 6.61 Å². The average Bonchev–Trinajstić information content (AvgIpc) is 2.76. The van der Waals surface area contributed by atoms with Gasteiger partial charge in [0.2, 0.25) is 0 Å². The number of methoxy groups -OCH3 is 1. The summed E-state index contributed by atoms with van der Waals surface area (Å²) < 4.78 is 13.6. The molecule has 1 aromatic carbocycles. The molecule has 0 bridgehead atoms. The maximum atomic E-state index is 5.64. The van der Waals surface area contributed by atoms with Crippen molar-refractivity contribution in [3.63, 3.8) is 0 Å². The van der Waals surface area contributed by atoms with Crippen molar-refractivity contribution in [2.45, 2.75) is 32.7 Å². The lowest BCUT2D eigenvalue weighted by Crippen LogP contribution is -1.99. The van der Waals surface area contributed by atoms with Crippen molar-refractivity contribution in [3.8, 4) is 5.75 Å². The summed E-state index contributed by atoms with van der Waals surface area (Å²) in [6, 6.07) is 6.07. The zero-order valence-corrected chi connectivity index (χ0v) is 13.0. The number of fused-ring (bicyclic) bond motifs is 1. The van der Waals surface area contributed by atoms with Gasteiger partial charge in [0.15, 0.2) is 4.77 Å². The molecule has 0 aliphatic rings. The van der Waals surface area contributed by atoms with Crippen molar-refractivity contribution >= 4 is 23.3 Å². The van der Waals surface area contributed by atoms with Crippen LogP contribution in [0.4, 0.5) is 0 Å². The van der Waals surface area contributed by atoms with Crippen LogP contribution in [0.1, 0.15) is 26.2 Å². The number of nitrogens with one attached hydrogen (secondary N) is 1. The topological polar surface area (TPSA) is 39.2 Å². The highest BCUT2D eigenvalue weighted by atomic mass is 32.1. The number of rotatable bonds is 8. The summed E-state index contributed by atoms with van der Waals surface area (Å²) in [4.78, 5) is 3.26. The predicted molar refractivity (Wildman–Crippen MR) is 84.0 cm³/mol. The van der Waals surface area contributed by atoms with Crippen molar-refractivity contribution in [2.75, 3.05) is 20.3 Å². The fourth-order valence-corrected chi connectivity index (χ4v) is 2.64. The van der Waals surface area contributed by atoms with E-state index in [0.717, 1.165) is 54.0 Å². The van der Waals surface area contributed by atoms with E-state index in [1.54, 1.807) is 7.11 Å². The Bertz CT molecular complexity index is 603. The van der Waals surface area contributed by atoms with Gasteiger partial charge in [-0.2, -0.15) is 0 Å². The van der Waals surface area contributed by atoms with E-state index in [1.165, 1.54) is 0 Å². The molecule has 0 atom stereocenters. The van der Waals surface area contributed by atoms with E-state index in [1.807, 2.05) is 19.1 Å². The number of nitrogens with zero attached hydrogens (tertiary/aromatic N) is 1. The molecule has 0 saturated carbocycles. The number of ether oxygens (including phenoxy) is 2.